The van der Waals surface area contributed by atoms with Crippen LogP contribution in [0.3, 0.4) is 0 Å². The van der Waals surface area contributed by atoms with E-state index in [1.54, 1.807) is 0 Å². The Balaban J connectivity index is 2.12. The summed E-state index contributed by atoms with van der Waals surface area (Å²) in [4.78, 5) is 4.36. The monoisotopic (exact) mass is 284 g/mol. The minimum absolute atomic E-state index is 0.0666. The van der Waals surface area contributed by atoms with Crippen molar-refractivity contribution in [3.63, 3.8) is 0 Å². The number of aromatic nitrogens is 1. The number of hydrogen-bond donors (Lipinski definition) is 1. The molecular formula is C14H18ClFN2O. The number of rotatable bonds is 5. The summed E-state index contributed by atoms with van der Waals surface area (Å²) in [5, 5.41) is 0.0666. The standard InChI is InChI=1S/C14H18ClFN2O/c1-8(4-3-5-9(2)17)14-18-12-6-10(15)11(16)7-13(12)19-14/h6-9H,3-5,17H2,1-2H3. The third-order valence-corrected chi connectivity index (χ3v) is 3.45. The van der Waals surface area contributed by atoms with Crippen molar-refractivity contribution in [2.75, 3.05) is 0 Å². The molecule has 0 saturated heterocycles. The predicted octanol–water partition coefficient (Wildman–Crippen LogP) is 4.24. The Morgan fingerprint density at radius 3 is 2.79 bits per heavy atom. The summed E-state index contributed by atoms with van der Waals surface area (Å²) >= 11 is 5.72. The Bertz CT molecular complexity index is 529. The van der Waals surface area contributed by atoms with Gasteiger partial charge in [-0.25, -0.2) is 9.37 Å². The molecule has 0 radical (unpaired) electrons. The molecule has 3 nitrogen and oxygen atoms in total. The van der Waals surface area contributed by atoms with Gasteiger partial charge < -0.3 is 10.2 Å². The van der Waals surface area contributed by atoms with Crippen molar-refractivity contribution in [1.82, 2.24) is 4.98 Å². The average molecular weight is 285 g/mol. The topological polar surface area (TPSA) is 52.0 Å². The van der Waals surface area contributed by atoms with Crippen LogP contribution in [0.25, 0.3) is 11.1 Å². The third kappa shape index (κ3) is 3.45. The minimum Gasteiger partial charge on any atom is -0.440 e. The SMILES string of the molecule is CC(N)CCCC(C)c1nc2cc(Cl)c(F)cc2o1. The molecule has 0 aliphatic rings. The van der Waals surface area contributed by atoms with Gasteiger partial charge in [0.15, 0.2) is 11.5 Å². The summed E-state index contributed by atoms with van der Waals surface area (Å²) in [7, 11) is 0. The van der Waals surface area contributed by atoms with Gasteiger partial charge in [0, 0.05) is 18.0 Å². The van der Waals surface area contributed by atoms with Gasteiger partial charge in [-0.15, -0.1) is 0 Å². The molecule has 1 aromatic carbocycles. The molecule has 0 fully saturated rings. The second kappa shape index (κ2) is 5.88. The number of halogens is 2. The van der Waals surface area contributed by atoms with E-state index in [2.05, 4.69) is 4.98 Å². The largest absolute Gasteiger partial charge is 0.440 e. The Labute approximate surface area is 116 Å². The molecule has 104 valence electrons. The van der Waals surface area contributed by atoms with E-state index < -0.39 is 5.82 Å². The molecule has 1 heterocycles. The van der Waals surface area contributed by atoms with Crippen molar-refractivity contribution in [3.05, 3.63) is 28.9 Å². The van der Waals surface area contributed by atoms with Crippen LogP contribution in [0.15, 0.2) is 16.5 Å². The van der Waals surface area contributed by atoms with Crippen molar-refractivity contribution in [2.24, 2.45) is 5.73 Å². The zero-order valence-corrected chi connectivity index (χ0v) is 11.9. The summed E-state index contributed by atoms with van der Waals surface area (Å²) in [5.74, 6) is 0.329. The fourth-order valence-corrected chi connectivity index (χ4v) is 2.18. The Morgan fingerprint density at radius 1 is 1.37 bits per heavy atom. The van der Waals surface area contributed by atoms with E-state index in [9.17, 15) is 4.39 Å². The van der Waals surface area contributed by atoms with Crippen LogP contribution in [0.5, 0.6) is 0 Å². The number of oxazole rings is 1. The molecule has 2 rings (SSSR count). The van der Waals surface area contributed by atoms with E-state index in [0.717, 1.165) is 19.3 Å². The first-order valence-electron chi connectivity index (χ1n) is 6.48. The maximum absolute atomic E-state index is 13.3. The third-order valence-electron chi connectivity index (χ3n) is 3.17. The Morgan fingerprint density at radius 2 is 2.11 bits per heavy atom. The highest BCUT2D eigenvalue weighted by atomic mass is 35.5. The van der Waals surface area contributed by atoms with Crippen LogP contribution >= 0.6 is 11.6 Å². The summed E-state index contributed by atoms with van der Waals surface area (Å²) in [6.45, 7) is 4.04. The highest BCUT2D eigenvalue weighted by molar-refractivity contribution is 6.31. The normalized spacial score (nSPS) is 14.8. The zero-order valence-electron chi connectivity index (χ0n) is 11.1. The molecule has 2 unspecified atom stereocenters. The van der Waals surface area contributed by atoms with Gasteiger partial charge in [0.2, 0.25) is 0 Å². The van der Waals surface area contributed by atoms with Crippen molar-refractivity contribution < 1.29 is 8.81 Å². The molecule has 0 amide bonds. The molecule has 2 aromatic rings. The Hall–Kier alpha value is -1.13. The summed E-state index contributed by atoms with van der Waals surface area (Å²) in [5.41, 5.74) is 6.75. The first-order valence-corrected chi connectivity index (χ1v) is 6.86. The van der Waals surface area contributed by atoms with Crippen LogP contribution in [-0.4, -0.2) is 11.0 Å². The second-order valence-electron chi connectivity index (χ2n) is 5.10. The molecule has 1 aromatic heterocycles. The molecule has 0 saturated carbocycles. The maximum atomic E-state index is 13.3. The van der Waals surface area contributed by atoms with Crippen molar-refractivity contribution >= 4 is 22.7 Å². The van der Waals surface area contributed by atoms with Gasteiger partial charge in [-0.3, -0.25) is 0 Å². The summed E-state index contributed by atoms with van der Waals surface area (Å²) in [6.07, 6.45) is 2.95. The zero-order chi connectivity index (χ0) is 14.0. The second-order valence-corrected chi connectivity index (χ2v) is 5.50. The first-order chi connectivity index (χ1) is 8.97. The van der Waals surface area contributed by atoms with E-state index >= 15 is 0 Å². The van der Waals surface area contributed by atoms with Gasteiger partial charge in [0.25, 0.3) is 0 Å². The van der Waals surface area contributed by atoms with E-state index in [1.807, 2.05) is 13.8 Å². The van der Waals surface area contributed by atoms with Gasteiger partial charge in [0.05, 0.1) is 5.02 Å². The lowest BCUT2D eigenvalue weighted by molar-refractivity contribution is 0.451. The maximum Gasteiger partial charge on any atom is 0.198 e. The molecule has 5 heteroatoms. The smallest absolute Gasteiger partial charge is 0.198 e. The lowest BCUT2D eigenvalue weighted by Crippen LogP contribution is -2.14. The van der Waals surface area contributed by atoms with Crippen molar-refractivity contribution in [2.45, 2.75) is 45.1 Å². The number of benzene rings is 1. The average Bonchev–Trinajstić information content (AvgIpc) is 2.72. The molecule has 0 bridgehead atoms. The molecule has 2 atom stereocenters. The molecular weight excluding hydrogens is 267 g/mol. The predicted molar refractivity (Wildman–Crippen MR) is 74.9 cm³/mol. The van der Waals surface area contributed by atoms with Crippen LogP contribution in [-0.2, 0) is 0 Å². The van der Waals surface area contributed by atoms with Crippen LogP contribution in [0, 0.1) is 5.82 Å². The lowest BCUT2D eigenvalue weighted by atomic mass is 10.0. The van der Waals surface area contributed by atoms with Gasteiger partial charge in [-0.2, -0.15) is 0 Å². The van der Waals surface area contributed by atoms with Crippen LogP contribution in [0.4, 0.5) is 4.39 Å². The van der Waals surface area contributed by atoms with Gasteiger partial charge in [0.1, 0.15) is 11.3 Å². The molecule has 2 N–H and O–H groups in total. The van der Waals surface area contributed by atoms with E-state index in [-0.39, 0.29) is 17.0 Å². The number of hydrogen-bond acceptors (Lipinski definition) is 3. The molecule has 19 heavy (non-hydrogen) atoms. The van der Waals surface area contributed by atoms with Crippen LogP contribution in [0.2, 0.25) is 5.02 Å². The first kappa shape index (κ1) is 14.3. The van der Waals surface area contributed by atoms with E-state index in [1.165, 1.54) is 12.1 Å². The van der Waals surface area contributed by atoms with E-state index in [0.29, 0.717) is 17.0 Å². The molecule has 0 aliphatic carbocycles. The summed E-state index contributed by atoms with van der Waals surface area (Å²) in [6, 6.07) is 2.99. The quantitative estimate of drug-likeness (QED) is 0.893. The fraction of sp³-hybridized carbons (Fsp3) is 0.500. The molecule has 0 aliphatic heterocycles. The van der Waals surface area contributed by atoms with E-state index in [4.69, 9.17) is 21.8 Å². The Kier molecular flexibility index (Phi) is 4.42. The van der Waals surface area contributed by atoms with Gasteiger partial charge in [-0.05, 0) is 25.8 Å². The highest BCUT2D eigenvalue weighted by Gasteiger charge is 2.15. The minimum atomic E-state index is -0.485. The van der Waals surface area contributed by atoms with Gasteiger partial charge in [-0.1, -0.05) is 24.9 Å². The number of nitrogens with zero attached hydrogens (tertiary/aromatic N) is 1. The lowest BCUT2D eigenvalue weighted by Gasteiger charge is -2.08. The van der Waals surface area contributed by atoms with Crippen LogP contribution < -0.4 is 5.73 Å². The fourth-order valence-electron chi connectivity index (χ4n) is 2.02. The van der Waals surface area contributed by atoms with Crippen molar-refractivity contribution in [1.29, 1.82) is 0 Å². The summed E-state index contributed by atoms with van der Waals surface area (Å²) < 4.78 is 18.9. The highest BCUT2D eigenvalue weighted by Crippen LogP contribution is 2.28. The van der Waals surface area contributed by atoms with Crippen molar-refractivity contribution in [3.8, 4) is 0 Å². The number of fused-ring (bicyclic) bond motifs is 1. The van der Waals surface area contributed by atoms with Crippen LogP contribution in [0.1, 0.15) is 44.9 Å². The number of nitrogens with two attached hydrogens (primary N) is 1. The molecule has 0 spiro atoms. The van der Waals surface area contributed by atoms with Gasteiger partial charge >= 0.3 is 0 Å².